The van der Waals surface area contributed by atoms with Crippen LogP contribution in [0.3, 0.4) is 0 Å². The second kappa shape index (κ2) is 15.9. The Balaban J connectivity index is 1.44. The summed E-state index contributed by atoms with van der Waals surface area (Å²) < 4.78 is 12.2. The van der Waals surface area contributed by atoms with E-state index in [9.17, 15) is 24.3 Å². The lowest BCUT2D eigenvalue weighted by atomic mass is 9.70. The molecule has 0 aliphatic carbocycles. The maximum atomic E-state index is 14.6. The minimum atomic E-state index is -1.19. The molecular weight excluding hydrogens is 634 g/mol. The molecule has 11 heteroatoms. The summed E-state index contributed by atoms with van der Waals surface area (Å²) in [5.74, 6) is -3.10. The lowest BCUT2D eigenvalue weighted by Crippen LogP contribution is -2.56. The average molecular weight is 678 g/mol. The Kier molecular flexibility index (Phi) is 11.7. The third kappa shape index (κ3) is 7.21. The smallest absolute Gasteiger partial charge is 0.306 e. The molecule has 3 saturated heterocycles. The number of nitrogens with one attached hydrogen (secondary N) is 1. The first-order valence-electron chi connectivity index (χ1n) is 16.6. The van der Waals surface area contributed by atoms with Crippen molar-refractivity contribution in [3.8, 4) is 0 Å². The number of aliphatic hydroxyl groups excluding tert-OH is 1. The number of amides is 3. The molecule has 10 nitrogen and oxygen atoms in total. The van der Waals surface area contributed by atoms with Crippen LogP contribution in [0.1, 0.15) is 56.6 Å². The molecule has 2 N–H and O–H groups in total. The molecule has 256 valence electrons. The molecule has 3 amide bonds. The van der Waals surface area contributed by atoms with Gasteiger partial charge in [-0.05, 0) is 68.4 Å². The normalized spacial score (nSPS) is 24.5. The summed E-state index contributed by atoms with van der Waals surface area (Å²) in [4.78, 5) is 58.8. The van der Waals surface area contributed by atoms with E-state index in [2.05, 4.69) is 18.5 Å². The van der Waals surface area contributed by atoms with Gasteiger partial charge >= 0.3 is 5.97 Å². The van der Waals surface area contributed by atoms with Gasteiger partial charge in [0.25, 0.3) is 5.91 Å². The van der Waals surface area contributed by atoms with Crippen LogP contribution >= 0.6 is 11.6 Å². The Morgan fingerprint density at radius 1 is 1.10 bits per heavy atom. The number of hydrogen-bond acceptors (Lipinski definition) is 7. The number of carbonyl (C=O) groups is 4. The van der Waals surface area contributed by atoms with Crippen LogP contribution in [0.4, 0.5) is 5.69 Å². The topological polar surface area (TPSA) is 125 Å². The molecule has 0 saturated carbocycles. The van der Waals surface area contributed by atoms with E-state index >= 15 is 0 Å². The number of hydrogen-bond donors (Lipinski definition) is 2. The molecule has 5 rings (SSSR count). The molecule has 0 unspecified atom stereocenters. The van der Waals surface area contributed by atoms with Crippen LogP contribution in [0, 0.1) is 11.8 Å². The molecule has 6 atom stereocenters. The first kappa shape index (κ1) is 35.3. The van der Waals surface area contributed by atoms with Gasteiger partial charge in [-0.15, -0.1) is 13.2 Å². The second-order valence-electron chi connectivity index (χ2n) is 12.6. The molecule has 0 aromatic heterocycles. The first-order chi connectivity index (χ1) is 23.2. The van der Waals surface area contributed by atoms with Crippen molar-refractivity contribution >= 4 is 41.0 Å². The second-order valence-corrected chi connectivity index (χ2v) is 13.0. The molecule has 1 spiro atoms. The molecule has 48 heavy (non-hydrogen) atoms. The van der Waals surface area contributed by atoms with Crippen LogP contribution in [0.2, 0.25) is 5.02 Å². The zero-order valence-electron chi connectivity index (χ0n) is 27.1. The van der Waals surface area contributed by atoms with Gasteiger partial charge in [-0.25, -0.2) is 0 Å². The fraction of sp³-hybridized carbons (Fsp3) is 0.459. The summed E-state index contributed by atoms with van der Waals surface area (Å²) in [5, 5.41) is 12.9. The van der Waals surface area contributed by atoms with Gasteiger partial charge in [-0.3, -0.25) is 19.2 Å². The number of rotatable bonds is 17. The van der Waals surface area contributed by atoms with Gasteiger partial charge in [-0.2, -0.15) is 0 Å². The zero-order chi connectivity index (χ0) is 34.3. The van der Waals surface area contributed by atoms with E-state index in [1.807, 2.05) is 30.3 Å². The average Bonchev–Trinajstić information content (AvgIpc) is 3.74. The Labute approximate surface area is 286 Å². The van der Waals surface area contributed by atoms with Crippen molar-refractivity contribution in [2.75, 3.05) is 31.2 Å². The molecule has 2 aromatic carbocycles. The third-order valence-electron chi connectivity index (χ3n) is 9.59. The van der Waals surface area contributed by atoms with E-state index in [0.717, 1.165) is 5.56 Å². The van der Waals surface area contributed by atoms with Gasteiger partial charge in [0.15, 0.2) is 0 Å². The number of anilines is 1. The zero-order valence-corrected chi connectivity index (χ0v) is 27.9. The number of esters is 1. The molecule has 2 bridgehead atoms. The minimum absolute atomic E-state index is 0.0335. The lowest BCUT2D eigenvalue weighted by molar-refractivity contribution is -0.146. The first-order valence-corrected chi connectivity index (χ1v) is 17.0. The minimum Gasteiger partial charge on any atom is -0.463 e. The fourth-order valence-electron chi connectivity index (χ4n) is 7.41. The number of allylic oxidation sites excluding steroid dienone is 1. The molecule has 0 radical (unpaired) electrons. The third-order valence-corrected chi connectivity index (χ3v) is 9.84. The number of aliphatic hydroxyl groups is 1. The van der Waals surface area contributed by atoms with Gasteiger partial charge < -0.3 is 29.7 Å². The van der Waals surface area contributed by atoms with E-state index in [-0.39, 0.29) is 50.4 Å². The predicted molar refractivity (Wildman–Crippen MR) is 182 cm³/mol. The summed E-state index contributed by atoms with van der Waals surface area (Å²) >= 11 is 6.14. The number of ether oxygens (including phenoxy) is 2. The van der Waals surface area contributed by atoms with Crippen molar-refractivity contribution in [2.24, 2.45) is 11.8 Å². The van der Waals surface area contributed by atoms with Gasteiger partial charge in [0.05, 0.1) is 24.0 Å². The van der Waals surface area contributed by atoms with Gasteiger partial charge in [-0.1, -0.05) is 54.1 Å². The standard InChI is InChI=1S/C37H44ClN3O7/c1-3-5-14-30(43)47-24-28(25-12-8-6-9-13-25)39-34(44)31-29-19-20-37(48-29)32(31)35(45)41(22-10-7-11-23-42)33(37)36(46)40(21-4-2)27-17-15-26(38)16-18-27/h3-4,6,8-9,12-13,15-18,28-29,31-33,42H,1-2,5,7,10-11,14,19-24H2,(H,39,44)/t28-,29+,31-,32-,33+,37-/m0/s1. The number of nitrogens with zero attached hydrogens (tertiary/aromatic N) is 2. The predicted octanol–water partition coefficient (Wildman–Crippen LogP) is 4.76. The van der Waals surface area contributed by atoms with E-state index in [0.29, 0.717) is 49.2 Å². The maximum Gasteiger partial charge on any atom is 0.306 e. The number of likely N-dealkylation sites (tertiary alicyclic amines) is 1. The monoisotopic (exact) mass is 677 g/mol. The molecule has 3 aliphatic rings. The van der Waals surface area contributed by atoms with Crippen molar-refractivity contribution in [1.82, 2.24) is 10.2 Å². The number of unbranched alkanes of at least 4 members (excludes halogenated alkanes) is 2. The SMILES string of the molecule is C=CCCC(=O)OC[C@H](NC(=O)[C@@H]1[C@H]2C(=O)N(CCCCCO)[C@H](C(=O)N(CC=C)c3ccc(Cl)cc3)[C@]23CC[C@H]1O3)c1ccccc1. The van der Waals surface area contributed by atoms with E-state index in [4.69, 9.17) is 21.1 Å². The van der Waals surface area contributed by atoms with Crippen molar-refractivity contribution in [3.05, 3.63) is 90.5 Å². The van der Waals surface area contributed by atoms with E-state index in [1.54, 1.807) is 46.2 Å². The Bertz CT molecular complexity index is 1490. The summed E-state index contributed by atoms with van der Waals surface area (Å²) in [6.07, 6.45) is 6.16. The van der Waals surface area contributed by atoms with Gasteiger partial charge in [0, 0.05) is 36.8 Å². The highest BCUT2D eigenvalue weighted by atomic mass is 35.5. The Morgan fingerprint density at radius 2 is 1.85 bits per heavy atom. The van der Waals surface area contributed by atoms with Crippen molar-refractivity contribution in [3.63, 3.8) is 0 Å². The molecular formula is C37H44ClN3O7. The number of benzene rings is 2. The molecule has 3 aliphatic heterocycles. The molecule has 3 heterocycles. The highest BCUT2D eigenvalue weighted by Crippen LogP contribution is 2.58. The highest BCUT2D eigenvalue weighted by Gasteiger charge is 2.74. The Morgan fingerprint density at radius 3 is 2.54 bits per heavy atom. The van der Waals surface area contributed by atoms with Gasteiger partial charge in [0.1, 0.15) is 18.2 Å². The summed E-state index contributed by atoms with van der Waals surface area (Å²) in [5.41, 5.74) is 0.163. The summed E-state index contributed by atoms with van der Waals surface area (Å²) in [6, 6.07) is 14.5. The fourth-order valence-corrected chi connectivity index (χ4v) is 7.53. The molecule has 3 fully saturated rings. The largest absolute Gasteiger partial charge is 0.463 e. The number of carbonyl (C=O) groups excluding carboxylic acids is 4. The summed E-state index contributed by atoms with van der Waals surface area (Å²) in [6.45, 7) is 7.93. The van der Waals surface area contributed by atoms with E-state index in [1.165, 1.54) is 0 Å². The van der Waals surface area contributed by atoms with Crippen LogP contribution in [0.5, 0.6) is 0 Å². The van der Waals surface area contributed by atoms with Crippen molar-refractivity contribution < 1.29 is 33.8 Å². The lowest BCUT2D eigenvalue weighted by Gasteiger charge is -2.37. The maximum absolute atomic E-state index is 14.6. The van der Waals surface area contributed by atoms with Crippen LogP contribution in [-0.4, -0.2) is 77.7 Å². The van der Waals surface area contributed by atoms with Crippen LogP contribution in [-0.2, 0) is 28.7 Å². The van der Waals surface area contributed by atoms with Crippen molar-refractivity contribution in [1.29, 1.82) is 0 Å². The highest BCUT2D eigenvalue weighted by molar-refractivity contribution is 6.30. The quantitative estimate of drug-likeness (QED) is 0.141. The number of fused-ring (bicyclic) bond motifs is 1. The van der Waals surface area contributed by atoms with Crippen molar-refractivity contribution in [2.45, 2.75) is 68.7 Å². The van der Waals surface area contributed by atoms with Crippen LogP contribution in [0.15, 0.2) is 79.9 Å². The van der Waals surface area contributed by atoms with Crippen LogP contribution < -0.4 is 10.2 Å². The van der Waals surface area contributed by atoms with E-state index < -0.39 is 41.6 Å². The Hall–Kier alpha value is -3.99. The van der Waals surface area contributed by atoms with Crippen LogP contribution in [0.25, 0.3) is 0 Å². The summed E-state index contributed by atoms with van der Waals surface area (Å²) in [7, 11) is 0. The number of halogens is 1. The molecule has 2 aromatic rings. The van der Waals surface area contributed by atoms with Gasteiger partial charge in [0.2, 0.25) is 11.8 Å².